The van der Waals surface area contributed by atoms with Crippen molar-refractivity contribution in [2.45, 2.75) is 64.2 Å². The third kappa shape index (κ3) is 10.3. The molecule has 0 saturated carbocycles. The van der Waals surface area contributed by atoms with Crippen LogP contribution < -0.4 is 4.74 Å². The predicted octanol–water partition coefficient (Wildman–Crippen LogP) is 11.0. The summed E-state index contributed by atoms with van der Waals surface area (Å²) in [6.07, 6.45) is 13.2. The van der Waals surface area contributed by atoms with Crippen LogP contribution in [-0.4, -0.2) is 11.9 Å². The molecule has 188 valence electrons. The molecule has 3 rings (SSSR count). The number of hydrogen-bond acceptors (Lipinski definition) is 3. The first-order valence-corrected chi connectivity index (χ1v) is 14.2. The highest BCUT2D eigenvalue weighted by molar-refractivity contribution is 9.09. The van der Waals surface area contributed by atoms with E-state index in [9.17, 15) is 0 Å². The van der Waals surface area contributed by atoms with E-state index in [-0.39, 0.29) is 0 Å². The van der Waals surface area contributed by atoms with Crippen LogP contribution in [0.15, 0.2) is 83.0 Å². The van der Waals surface area contributed by atoms with Gasteiger partial charge in [0.15, 0.2) is 5.69 Å². The van der Waals surface area contributed by atoms with E-state index < -0.39 is 0 Å². The maximum Gasteiger partial charge on any atom is 0.187 e. The van der Waals surface area contributed by atoms with Gasteiger partial charge in [-0.25, -0.2) is 4.85 Å². The molecule has 0 unspecified atom stereocenters. The lowest BCUT2D eigenvalue weighted by molar-refractivity contribution is 0.304. The Morgan fingerprint density at radius 3 is 1.53 bits per heavy atom. The van der Waals surface area contributed by atoms with Gasteiger partial charge in [0.25, 0.3) is 0 Å². The second-order valence-corrected chi connectivity index (χ2v) is 9.77. The summed E-state index contributed by atoms with van der Waals surface area (Å²) in [5.74, 6) is 0.881. The molecule has 0 radical (unpaired) electrons. The highest BCUT2D eigenvalue weighted by Gasteiger charge is 2.00. The summed E-state index contributed by atoms with van der Waals surface area (Å²) in [7, 11) is 0. The van der Waals surface area contributed by atoms with E-state index in [1.807, 2.05) is 72.8 Å². The number of hydrogen-bond donors (Lipinski definition) is 0. The monoisotopic (exact) mass is 545 g/mol. The Hall–Kier alpha value is -2.97. The fraction of sp³-hybridized carbons (Fsp3) is 0.387. The molecule has 0 amide bonds. The first-order valence-electron chi connectivity index (χ1n) is 13.1. The van der Waals surface area contributed by atoms with Gasteiger partial charge in [0.05, 0.1) is 24.6 Å². The standard InChI is InChI=1S/C31H36BrN3O/c1-33-28-16-12-26(13-17-28)27-14-18-29(19-15-27)34-35-30-20-22-31(23-21-30)36-25-11-9-7-5-3-2-4-6-8-10-24-32/h12-23H,2-11,24-25H2. The van der Waals surface area contributed by atoms with Crippen LogP contribution in [0.4, 0.5) is 17.1 Å². The number of ether oxygens (including phenoxy) is 1. The first kappa shape index (κ1) is 27.6. The summed E-state index contributed by atoms with van der Waals surface area (Å²) < 4.78 is 5.88. The second-order valence-electron chi connectivity index (χ2n) is 8.97. The Labute approximate surface area is 224 Å². The minimum Gasteiger partial charge on any atom is -0.494 e. The van der Waals surface area contributed by atoms with Gasteiger partial charge in [-0.15, -0.1) is 0 Å². The summed E-state index contributed by atoms with van der Waals surface area (Å²) in [6, 6.07) is 23.3. The Kier molecular flexibility index (Phi) is 12.8. The molecule has 0 bridgehead atoms. The SMILES string of the molecule is [C-]#[N+]c1ccc(-c2ccc(N=Nc3ccc(OCCCCCCCCCCCCBr)cc3)cc2)cc1. The summed E-state index contributed by atoms with van der Waals surface area (Å²) in [5, 5.41) is 9.83. The van der Waals surface area contributed by atoms with Gasteiger partial charge >= 0.3 is 0 Å². The zero-order chi connectivity index (χ0) is 25.3. The molecule has 4 nitrogen and oxygen atoms in total. The number of unbranched alkanes of at least 4 members (excludes halogenated alkanes) is 9. The molecule has 0 fully saturated rings. The van der Waals surface area contributed by atoms with Gasteiger partial charge in [0, 0.05) is 5.33 Å². The van der Waals surface area contributed by atoms with Gasteiger partial charge in [0.1, 0.15) is 5.75 Å². The molecule has 0 aliphatic carbocycles. The van der Waals surface area contributed by atoms with Crippen LogP contribution in [0.25, 0.3) is 16.0 Å². The van der Waals surface area contributed by atoms with Crippen LogP contribution in [0.1, 0.15) is 64.2 Å². The number of nitrogens with zero attached hydrogens (tertiary/aromatic N) is 3. The highest BCUT2D eigenvalue weighted by Crippen LogP contribution is 2.26. The predicted molar refractivity (Wildman–Crippen MR) is 154 cm³/mol. The lowest BCUT2D eigenvalue weighted by atomic mass is 10.1. The molecule has 0 spiro atoms. The van der Waals surface area contributed by atoms with Gasteiger partial charge in [-0.05, 0) is 60.4 Å². The average Bonchev–Trinajstić information content (AvgIpc) is 2.93. The molecule has 0 heterocycles. The lowest BCUT2D eigenvalue weighted by Crippen LogP contribution is -1.96. The van der Waals surface area contributed by atoms with Crippen LogP contribution in [0.5, 0.6) is 5.75 Å². The Morgan fingerprint density at radius 2 is 1.03 bits per heavy atom. The van der Waals surface area contributed by atoms with Gasteiger partial charge in [-0.2, -0.15) is 10.2 Å². The fourth-order valence-electron chi connectivity index (χ4n) is 3.97. The van der Waals surface area contributed by atoms with Gasteiger partial charge in [-0.1, -0.05) is 104 Å². The zero-order valence-corrected chi connectivity index (χ0v) is 22.6. The number of halogens is 1. The van der Waals surface area contributed by atoms with E-state index in [0.717, 1.165) is 46.6 Å². The van der Waals surface area contributed by atoms with Crippen LogP contribution >= 0.6 is 15.9 Å². The van der Waals surface area contributed by atoms with Crippen LogP contribution in [-0.2, 0) is 0 Å². The van der Waals surface area contributed by atoms with Crippen molar-refractivity contribution in [1.82, 2.24) is 0 Å². The molecule has 0 atom stereocenters. The Balaban J connectivity index is 1.31. The molecule has 3 aromatic carbocycles. The number of benzene rings is 3. The van der Waals surface area contributed by atoms with E-state index >= 15 is 0 Å². The maximum atomic E-state index is 7.06. The van der Waals surface area contributed by atoms with E-state index in [1.165, 1.54) is 57.8 Å². The van der Waals surface area contributed by atoms with Gasteiger partial charge in [-0.3, -0.25) is 0 Å². The molecule has 5 heteroatoms. The van der Waals surface area contributed by atoms with Crippen molar-refractivity contribution in [3.05, 3.63) is 84.2 Å². The number of rotatable bonds is 16. The summed E-state index contributed by atoms with van der Waals surface area (Å²) in [4.78, 5) is 3.43. The minimum absolute atomic E-state index is 0.647. The van der Waals surface area contributed by atoms with Crippen LogP contribution in [0, 0.1) is 6.57 Å². The van der Waals surface area contributed by atoms with E-state index in [4.69, 9.17) is 11.3 Å². The number of azo groups is 1. The molecule has 0 aromatic heterocycles. The van der Waals surface area contributed by atoms with E-state index in [1.54, 1.807) is 0 Å². The van der Waals surface area contributed by atoms with Gasteiger partial charge < -0.3 is 4.74 Å². The van der Waals surface area contributed by atoms with Crippen molar-refractivity contribution in [2.75, 3.05) is 11.9 Å². The molecule has 3 aromatic rings. The fourth-order valence-corrected chi connectivity index (χ4v) is 4.37. The molecule has 0 N–H and O–H groups in total. The normalized spacial score (nSPS) is 11.0. The third-order valence-electron chi connectivity index (χ3n) is 6.11. The minimum atomic E-state index is 0.647. The van der Waals surface area contributed by atoms with Crippen molar-refractivity contribution in [1.29, 1.82) is 0 Å². The summed E-state index contributed by atoms with van der Waals surface area (Å²) in [6.45, 7) is 7.82. The zero-order valence-electron chi connectivity index (χ0n) is 21.0. The molecule has 0 aliphatic heterocycles. The van der Waals surface area contributed by atoms with Crippen molar-refractivity contribution < 1.29 is 4.74 Å². The smallest absolute Gasteiger partial charge is 0.187 e. The molecular formula is C31H36BrN3O. The van der Waals surface area contributed by atoms with Crippen molar-refractivity contribution in [3.8, 4) is 16.9 Å². The molecular weight excluding hydrogens is 510 g/mol. The third-order valence-corrected chi connectivity index (χ3v) is 6.67. The van der Waals surface area contributed by atoms with Crippen molar-refractivity contribution in [2.24, 2.45) is 10.2 Å². The molecule has 36 heavy (non-hydrogen) atoms. The molecule has 0 aliphatic rings. The average molecular weight is 547 g/mol. The lowest BCUT2D eigenvalue weighted by Gasteiger charge is -2.06. The Bertz CT molecular complexity index is 1070. The van der Waals surface area contributed by atoms with Crippen molar-refractivity contribution >= 4 is 33.0 Å². The quantitative estimate of drug-likeness (QED) is 0.0762. The number of alkyl halides is 1. The summed E-state index contributed by atoms with van der Waals surface area (Å²) >= 11 is 3.49. The largest absolute Gasteiger partial charge is 0.494 e. The van der Waals surface area contributed by atoms with Crippen molar-refractivity contribution in [3.63, 3.8) is 0 Å². The van der Waals surface area contributed by atoms with E-state index in [2.05, 4.69) is 31.0 Å². The van der Waals surface area contributed by atoms with Crippen LogP contribution in [0.3, 0.4) is 0 Å². The first-order chi connectivity index (χ1) is 17.8. The summed E-state index contributed by atoms with van der Waals surface area (Å²) in [5.41, 5.74) is 4.41. The Morgan fingerprint density at radius 1 is 0.583 bits per heavy atom. The second kappa shape index (κ2) is 16.7. The molecule has 0 saturated heterocycles. The van der Waals surface area contributed by atoms with Crippen LogP contribution in [0.2, 0.25) is 0 Å². The highest BCUT2D eigenvalue weighted by atomic mass is 79.9. The van der Waals surface area contributed by atoms with Gasteiger partial charge in [0.2, 0.25) is 0 Å². The maximum absolute atomic E-state index is 7.06. The van der Waals surface area contributed by atoms with E-state index in [0.29, 0.717) is 5.69 Å². The topological polar surface area (TPSA) is 38.3 Å².